The van der Waals surface area contributed by atoms with Gasteiger partial charge in [0.25, 0.3) is 5.91 Å². The van der Waals surface area contributed by atoms with Gasteiger partial charge in [0.05, 0.1) is 0 Å². The summed E-state index contributed by atoms with van der Waals surface area (Å²) in [6.07, 6.45) is 1.56. The molecule has 1 N–H and O–H groups in total. The highest BCUT2D eigenvalue weighted by molar-refractivity contribution is 5.81. The maximum Gasteiger partial charge on any atom is 0.260 e. The summed E-state index contributed by atoms with van der Waals surface area (Å²) in [4.78, 5) is 14.5. The highest BCUT2D eigenvalue weighted by atomic mass is 16.5. The molecular formula is C17H26N2O2. The fraction of sp³-hybridized carbons (Fsp3) is 0.588. The molecule has 1 aromatic rings. The Morgan fingerprint density at radius 2 is 1.81 bits per heavy atom. The molecule has 4 heteroatoms. The third-order valence-corrected chi connectivity index (χ3v) is 3.94. The Morgan fingerprint density at radius 3 is 2.38 bits per heavy atom. The molecule has 1 aliphatic rings. The standard InChI is InChI=1S/C17H26N2O2/c1-12-9-13(2)11-16(10-12)21-14(3)17(20)18-15-5-7-19(4)8-6-15/h9-11,14-15H,5-8H2,1-4H3,(H,18,20). The van der Waals surface area contributed by atoms with Crippen molar-refractivity contribution >= 4 is 5.91 Å². The van der Waals surface area contributed by atoms with Crippen molar-refractivity contribution in [2.75, 3.05) is 20.1 Å². The first kappa shape index (κ1) is 15.8. The molecule has 2 rings (SSSR count). The molecule has 1 heterocycles. The van der Waals surface area contributed by atoms with Crippen LogP contribution in [-0.4, -0.2) is 43.1 Å². The number of piperidine rings is 1. The predicted octanol–water partition coefficient (Wildman–Crippen LogP) is 2.28. The number of nitrogens with one attached hydrogen (secondary N) is 1. The second-order valence-electron chi connectivity index (χ2n) is 6.17. The van der Waals surface area contributed by atoms with Crippen molar-refractivity contribution in [2.45, 2.75) is 45.8 Å². The first-order valence-corrected chi connectivity index (χ1v) is 7.68. The number of carbonyl (C=O) groups excluding carboxylic acids is 1. The summed E-state index contributed by atoms with van der Waals surface area (Å²) in [5, 5.41) is 3.10. The van der Waals surface area contributed by atoms with Crippen LogP contribution in [0.2, 0.25) is 0 Å². The second kappa shape index (κ2) is 6.94. The van der Waals surface area contributed by atoms with E-state index in [1.165, 1.54) is 0 Å². The lowest BCUT2D eigenvalue weighted by Crippen LogP contribution is -2.47. The summed E-state index contributed by atoms with van der Waals surface area (Å²) >= 11 is 0. The number of nitrogens with zero attached hydrogens (tertiary/aromatic N) is 1. The number of hydrogen-bond donors (Lipinski definition) is 1. The lowest BCUT2D eigenvalue weighted by molar-refractivity contribution is -0.128. The van der Waals surface area contributed by atoms with Crippen LogP contribution in [0.5, 0.6) is 5.75 Å². The van der Waals surface area contributed by atoms with Crippen LogP contribution in [0.1, 0.15) is 30.9 Å². The summed E-state index contributed by atoms with van der Waals surface area (Å²) in [6, 6.07) is 6.30. The summed E-state index contributed by atoms with van der Waals surface area (Å²) < 4.78 is 5.78. The summed E-state index contributed by atoms with van der Waals surface area (Å²) in [6.45, 7) is 7.95. The van der Waals surface area contributed by atoms with Gasteiger partial charge >= 0.3 is 0 Å². The molecule has 1 aromatic carbocycles. The molecule has 1 amide bonds. The zero-order valence-electron chi connectivity index (χ0n) is 13.5. The Bertz CT molecular complexity index is 473. The van der Waals surface area contributed by atoms with Crippen LogP contribution in [0.3, 0.4) is 0 Å². The van der Waals surface area contributed by atoms with Gasteiger partial charge in [0, 0.05) is 6.04 Å². The first-order valence-electron chi connectivity index (χ1n) is 7.68. The molecule has 0 radical (unpaired) electrons. The van der Waals surface area contributed by atoms with E-state index < -0.39 is 6.10 Å². The quantitative estimate of drug-likeness (QED) is 0.925. The minimum Gasteiger partial charge on any atom is -0.481 e. The maximum absolute atomic E-state index is 12.2. The van der Waals surface area contributed by atoms with Gasteiger partial charge in [-0.2, -0.15) is 0 Å². The van der Waals surface area contributed by atoms with E-state index >= 15 is 0 Å². The van der Waals surface area contributed by atoms with Crippen molar-refractivity contribution < 1.29 is 9.53 Å². The zero-order valence-corrected chi connectivity index (χ0v) is 13.5. The normalized spacial score (nSPS) is 18.3. The Kier molecular flexibility index (Phi) is 5.23. The predicted molar refractivity (Wildman–Crippen MR) is 84.7 cm³/mol. The van der Waals surface area contributed by atoms with Crippen LogP contribution in [0.25, 0.3) is 0 Å². The first-order chi connectivity index (χ1) is 9.94. The van der Waals surface area contributed by atoms with Gasteiger partial charge in [-0.3, -0.25) is 4.79 Å². The lowest BCUT2D eigenvalue weighted by Gasteiger charge is -2.30. The average molecular weight is 290 g/mol. The molecule has 116 valence electrons. The van der Waals surface area contributed by atoms with Crippen molar-refractivity contribution in [3.8, 4) is 5.75 Å². The van der Waals surface area contributed by atoms with E-state index in [1.54, 1.807) is 0 Å². The highest BCUT2D eigenvalue weighted by Crippen LogP contribution is 2.18. The maximum atomic E-state index is 12.2. The number of amides is 1. The third kappa shape index (κ3) is 4.74. The molecule has 0 aliphatic carbocycles. The van der Waals surface area contributed by atoms with Crippen LogP contribution >= 0.6 is 0 Å². The smallest absolute Gasteiger partial charge is 0.260 e. The monoisotopic (exact) mass is 290 g/mol. The molecule has 1 unspecified atom stereocenters. The highest BCUT2D eigenvalue weighted by Gasteiger charge is 2.22. The van der Waals surface area contributed by atoms with Crippen molar-refractivity contribution in [3.05, 3.63) is 29.3 Å². The van der Waals surface area contributed by atoms with Gasteiger partial charge in [-0.25, -0.2) is 0 Å². The number of rotatable bonds is 4. The van der Waals surface area contributed by atoms with E-state index in [2.05, 4.69) is 23.3 Å². The van der Waals surface area contributed by atoms with E-state index in [0.29, 0.717) is 0 Å². The Hall–Kier alpha value is -1.55. The fourth-order valence-corrected chi connectivity index (χ4v) is 2.73. The van der Waals surface area contributed by atoms with Gasteiger partial charge in [-0.15, -0.1) is 0 Å². The molecular weight excluding hydrogens is 264 g/mol. The molecule has 0 spiro atoms. The van der Waals surface area contributed by atoms with Crippen LogP contribution in [0.4, 0.5) is 0 Å². The zero-order chi connectivity index (χ0) is 15.4. The number of hydrogen-bond acceptors (Lipinski definition) is 3. The van der Waals surface area contributed by atoms with Crippen LogP contribution in [0.15, 0.2) is 18.2 Å². The number of likely N-dealkylation sites (tertiary alicyclic amines) is 1. The van der Waals surface area contributed by atoms with Gasteiger partial charge < -0.3 is 15.0 Å². The molecule has 21 heavy (non-hydrogen) atoms. The van der Waals surface area contributed by atoms with Crippen LogP contribution in [0, 0.1) is 13.8 Å². The summed E-state index contributed by atoms with van der Waals surface area (Å²) in [5.74, 6) is 0.738. The van der Waals surface area contributed by atoms with E-state index in [9.17, 15) is 4.79 Å². The number of ether oxygens (including phenoxy) is 1. The van der Waals surface area contributed by atoms with Crippen LogP contribution in [-0.2, 0) is 4.79 Å². The molecule has 0 aromatic heterocycles. The van der Waals surface area contributed by atoms with Gasteiger partial charge in [0.2, 0.25) is 0 Å². The second-order valence-corrected chi connectivity index (χ2v) is 6.17. The molecule has 0 saturated carbocycles. The van der Waals surface area contributed by atoms with Gasteiger partial charge in [0.15, 0.2) is 6.10 Å². The molecule has 0 bridgehead atoms. The number of aryl methyl sites for hydroxylation is 2. The van der Waals surface area contributed by atoms with Gasteiger partial charge in [-0.05, 0) is 77.0 Å². The SMILES string of the molecule is Cc1cc(C)cc(OC(C)C(=O)NC2CCN(C)CC2)c1. The molecule has 1 saturated heterocycles. The number of carbonyl (C=O) groups is 1. The van der Waals surface area contributed by atoms with E-state index in [0.717, 1.165) is 42.8 Å². The average Bonchev–Trinajstić information content (AvgIpc) is 2.40. The van der Waals surface area contributed by atoms with E-state index in [1.807, 2.05) is 32.9 Å². The molecule has 1 aliphatic heterocycles. The third-order valence-electron chi connectivity index (χ3n) is 3.94. The molecule has 1 fully saturated rings. The van der Waals surface area contributed by atoms with Crippen molar-refractivity contribution in [1.29, 1.82) is 0 Å². The molecule has 1 atom stereocenters. The van der Waals surface area contributed by atoms with E-state index in [4.69, 9.17) is 4.74 Å². The Morgan fingerprint density at radius 1 is 1.24 bits per heavy atom. The summed E-state index contributed by atoms with van der Waals surface area (Å²) in [5.41, 5.74) is 2.29. The summed E-state index contributed by atoms with van der Waals surface area (Å²) in [7, 11) is 2.11. The number of benzene rings is 1. The minimum atomic E-state index is -0.467. The van der Waals surface area contributed by atoms with Gasteiger partial charge in [0.1, 0.15) is 5.75 Å². The largest absolute Gasteiger partial charge is 0.481 e. The molecule has 4 nitrogen and oxygen atoms in total. The Balaban J connectivity index is 1.87. The van der Waals surface area contributed by atoms with Crippen molar-refractivity contribution in [2.24, 2.45) is 0 Å². The van der Waals surface area contributed by atoms with Crippen LogP contribution < -0.4 is 10.1 Å². The Labute approximate surface area is 127 Å². The van der Waals surface area contributed by atoms with Gasteiger partial charge in [-0.1, -0.05) is 6.07 Å². The van der Waals surface area contributed by atoms with Crippen molar-refractivity contribution in [3.63, 3.8) is 0 Å². The fourth-order valence-electron chi connectivity index (χ4n) is 2.73. The lowest BCUT2D eigenvalue weighted by atomic mass is 10.1. The van der Waals surface area contributed by atoms with E-state index in [-0.39, 0.29) is 11.9 Å². The minimum absolute atomic E-state index is 0.0243. The topological polar surface area (TPSA) is 41.6 Å². The van der Waals surface area contributed by atoms with Crippen molar-refractivity contribution in [1.82, 2.24) is 10.2 Å².